The second-order valence-electron chi connectivity index (χ2n) is 14.9. The number of carboxylic acid groups (broad SMARTS) is 1. The van der Waals surface area contributed by atoms with E-state index in [4.69, 9.17) is 29.9 Å². The van der Waals surface area contributed by atoms with Gasteiger partial charge < -0.3 is 40.5 Å². The summed E-state index contributed by atoms with van der Waals surface area (Å²) in [6.07, 6.45) is 38.8. The van der Waals surface area contributed by atoms with Gasteiger partial charge >= 0.3 is 25.7 Å². The molecule has 0 heterocycles. The number of aliphatic hydroxyl groups is 3. The number of allylic oxidation sites excluding steroid dienone is 13. The molecule has 63 heavy (non-hydrogen) atoms. The number of ether oxygens (including phenoxy) is 2. The summed E-state index contributed by atoms with van der Waals surface area (Å²) in [4.78, 5) is 46.8. The average Bonchev–Trinajstić information content (AvgIpc) is 3.25. The van der Waals surface area contributed by atoms with Crippen LogP contribution in [-0.2, 0) is 37.5 Å². The third-order valence-electron chi connectivity index (χ3n) is 9.02. The Labute approximate surface area is 381 Å². The lowest BCUT2D eigenvalue weighted by Gasteiger charge is -2.22. The molecular formula is C47H78NO13PS. The van der Waals surface area contributed by atoms with Crippen molar-refractivity contribution >= 4 is 37.5 Å². The number of carbonyl (C=O) groups excluding carboxylic acids is 2. The topological polar surface area (TPSA) is 232 Å². The molecule has 1 unspecified atom stereocenters. The first kappa shape index (κ1) is 59.9. The molecule has 0 radical (unpaired) electrons. The van der Waals surface area contributed by atoms with Crippen molar-refractivity contribution in [1.29, 1.82) is 0 Å². The van der Waals surface area contributed by atoms with E-state index < -0.39 is 81.8 Å². The maximum absolute atomic E-state index is 13.0. The Morgan fingerprint density at radius 1 is 0.698 bits per heavy atom. The third-order valence-corrected chi connectivity index (χ3v) is 11.4. The van der Waals surface area contributed by atoms with Crippen molar-refractivity contribution in [3.05, 3.63) is 85.1 Å². The lowest BCUT2D eigenvalue weighted by atomic mass is 10.1. The number of hydrogen-bond acceptors (Lipinski definition) is 13. The van der Waals surface area contributed by atoms with Gasteiger partial charge in [-0.3, -0.25) is 23.4 Å². The van der Waals surface area contributed by atoms with E-state index in [-0.39, 0.29) is 31.4 Å². The van der Waals surface area contributed by atoms with Crippen LogP contribution in [0.3, 0.4) is 0 Å². The van der Waals surface area contributed by atoms with Crippen LogP contribution in [0.4, 0.5) is 0 Å². The van der Waals surface area contributed by atoms with Gasteiger partial charge in [-0.15, -0.1) is 11.8 Å². The molecule has 0 fully saturated rings. The molecule has 0 bridgehead atoms. The standard InChI is InChI=1S/C47H78NO13PS/c1-3-5-7-9-11-13-15-17-18-19-21-23-25-27-29-34-46(54)61-41(38-60-62(56,57)59-36-40(50)35-49)37-58-47(55)42(48)39-63-44(43(51)31-30-33-45(52)53)32-28-26-24-22-20-16-14-12-10-8-6-4-2/h11-14,17-18,20-24,26,28,32,40-44,49-51H,3-10,15-16,19,25,27,29-31,33-39,48H2,1-2H3,(H,52,53)(H,56,57)/b13-11-,14-12-,18-17-,22-20-,23-21-,26-24+,32-28+/t40-,41+,42-,43-,44+/m0/s1. The van der Waals surface area contributed by atoms with E-state index in [1.807, 2.05) is 24.3 Å². The number of carbonyl (C=O) groups is 3. The van der Waals surface area contributed by atoms with Crippen molar-refractivity contribution < 1.29 is 62.8 Å². The van der Waals surface area contributed by atoms with Gasteiger partial charge in [0.2, 0.25) is 0 Å². The van der Waals surface area contributed by atoms with Crippen molar-refractivity contribution in [2.24, 2.45) is 5.73 Å². The number of carboxylic acids is 1. The summed E-state index contributed by atoms with van der Waals surface area (Å²) in [7, 11) is -4.77. The smallest absolute Gasteiger partial charge is 0.472 e. The number of nitrogens with two attached hydrogens (primary N) is 1. The van der Waals surface area contributed by atoms with Gasteiger partial charge in [0.05, 0.1) is 25.9 Å². The summed E-state index contributed by atoms with van der Waals surface area (Å²) in [6.45, 7) is 1.68. The molecule has 0 aromatic rings. The SMILES string of the molecule is CCCCC/C=C\C\C=C/C=C/C=C/[C@@H](SC[C@H](N)C(=O)OC[C@H](COP(=O)(O)OC[C@@H](O)CO)OC(=O)CCCC/C=C\C/C=C\C/C=C\CCCCC)[C@@H](O)CCCC(=O)O. The molecule has 0 aliphatic carbocycles. The molecule has 7 N–H and O–H groups in total. The van der Waals surface area contributed by atoms with Gasteiger partial charge in [0.25, 0.3) is 0 Å². The minimum Gasteiger partial charge on any atom is -0.481 e. The van der Waals surface area contributed by atoms with E-state index in [2.05, 4.69) is 60.9 Å². The molecule has 0 aromatic carbocycles. The van der Waals surface area contributed by atoms with Crippen LogP contribution in [0, 0.1) is 0 Å². The fourth-order valence-corrected chi connectivity index (χ4v) is 7.30. The van der Waals surface area contributed by atoms with E-state index in [1.165, 1.54) is 50.3 Å². The number of unbranched alkanes of at least 4 members (excludes halogenated alkanes) is 8. The third kappa shape index (κ3) is 39.0. The van der Waals surface area contributed by atoms with Gasteiger partial charge in [-0.2, -0.15) is 0 Å². The molecule has 0 aliphatic rings. The van der Waals surface area contributed by atoms with Crippen LogP contribution < -0.4 is 5.73 Å². The van der Waals surface area contributed by atoms with Crippen molar-refractivity contribution in [1.82, 2.24) is 0 Å². The van der Waals surface area contributed by atoms with Gasteiger partial charge in [-0.1, -0.05) is 125 Å². The summed E-state index contributed by atoms with van der Waals surface area (Å²) >= 11 is 1.18. The molecule has 0 saturated heterocycles. The quantitative estimate of drug-likeness (QED) is 0.0111. The maximum atomic E-state index is 13.0. The molecule has 0 rings (SSSR count). The number of hydrogen-bond donors (Lipinski definition) is 6. The van der Waals surface area contributed by atoms with E-state index in [0.717, 1.165) is 38.5 Å². The first-order chi connectivity index (χ1) is 30.3. The monoisotopic (exact) mass is 927 g/mol. The summed E-state index contributed by atoms with van der Waals surface area (Å²) < 4.78 is 32.8. The first-order valence-corrected chi connectivity index (χ1v) is 25.0. The van der Waals surface area contributed by atoms with Crippen LogP contribution in [0.25, 0.3) is 0 Å². The second-order valence-corrected chi connectivity index (χ2v) is 17.6. The highest BCUT2D eigenvalue weighted by Gasteiger charge is 2.28. The second kappa shape index (κ2) is 41.6. The molecule has 0 aromatic heterocycles. The van der Waals surface area contributed by atoms with Crippen LogP contribution >= 0.6 is 19.6 Å². The molecule has 0 amide bonds. The fraction of sp³-hybridized carbons (Fsp3) is 0.638. The molecule has 16 heteroatoms. The van der Waals surface area contributed by atoms with Crippen molar-refractivity contribution in [2.45, 2.75) is 159 Å². The maximum Gasteiger partial charge on any atom is 0.472 e. The van der Waals surface area contributed by atoms with Gasteiger partial charge in [-0.05, 0) is 77.0 Å². The lowest BCUT2D eigenvalue weighted by molar-refractivity contribution is -0.161. The molecule has 360 valence electrons. The summed E-state index contributed by atoms with van der Waals surface area (Å²) in [5.74, 6) is -2.48. The highest BCUT2D eigenvalue weighted by Crippen LogP contribution is 2.43. The molecule has 0 aliphatic heterocycles. The Morgan fingerprint density at radius 2 is 1.25 bits per heavy atom. The predicted molar refractivity (Wildman–Crippen MR) is 252 cm³/mol. The minimum atomic E-state index is -4.77. The fourth-order valence-electron chi connectivity index (χ4n) is 5.38. The van der Waals surface area contributed by atoms with Gasteiger partial charge in [0.15, 0.2) is 6.10 Å². The lowest BCUT2D eigenvalue weighted by Crippen LogP contribution is -2.38. The first-order valence-electron chi connectivity index (χ1n) is 22.5. The summed E-state index contributed by atoms with van der Waals surface area (Å²) in [5.41, 5.74) is 6.15. The molecule has 14 nitrogen and oxygen atoms in total. The summed E-state index contributed by atoms with van der Waals surface area (Å²) in [6, 6.07) is -1.18. The highest BCUT2D eigenvalue weighted by atomic mass is 32.2. The Kier molecular flexibility index (Phi) is 39.5. The largest absolute Gasteiger partial charge is 0.481 e. The number of thioether (sulfide) groups is 1. The minimum absolute atomic E-state index is 0.00707. The zero-order valence-electron chi connectivity index (χ0n) is 37.7. The Hall–Kier alpha value is -3.11. The zero-order valence-corrected chi connectivity index (χ0v) is 39.4. The molecule has 0 saturated carbocycles. The van der Waals surface area contributed by atoms with Crippen molar-refractivity contribution in [3.63, 3.8) is 0 Å². The summed E-state index contributed by atoms with van der Waals surface area (Å²) in [5, 5.41) is 37.8. The molecule has 0 spiro atoms. The van der Waals surface area contributed by atoms with Crippen LogP contribution in [0.15, 0.2) is 85.1 Å². The number of rotatable bonds is 41. The van der Waals surface area contributed by atoms with Crippen LogP contribution in [0.1, 0.15) is 129 Å². The van der Waals surface area contributed by atoms with Gasteiger partial charge in [0, 0.05) is 23.8 Å². The predicted octanol–water partition coefficient (Wildman–Crippen LogP) is 8.76. The van der Waals surface area contributed by atoms with Gasteiger partial charge in [0.1, 0.15) is 18.8 Å². The van der Waals surface area contributed by atoms with E-state index >= 15 is 0 Å². The number of esters is 2. The Balaban J connectivity index is 5.27. The van der Waals surface area contributed by atoms with Gasteiger partial charge in [-0.25, -0.2) is 4.57 Å². The Morgan fingerprint density at radius 3 is 1.84 bits per heavy atom. The molecular weight excluding hydrogens is 850 g/mol. The number of aliphatic carboxylic acids is 1. The van der Waals surface area contributed by atoms with E-state index in [9.17, 15) is 34.1 Å². The Bertz CT molecular complexity index is 1450. The van der Waals surface area contributed by atoms with Crippen molar-refractivity contribution in [3.8, 4) is 0 Å². The number of phosphoric ester groups is 1. The zero-order chi connectivity index (χ0) is 46.8. The van der Waals surface area contributed by atoms with E-state index in [0.29, 0.717) is 12.8 Å². The van der Waals surface area contributed by atoms with E-state index in [1.54, 1.807) is 18.2 Å². The number of aliphatic hydroxyl groups excluding tert-OH is 3. The normalized spacial score (nSPS) is 15.9. The number of phosphoric acid groups is 1. The average molecular weight is 928 g/mol. The van der Waals surface area contributed by atoms with Crippen LogP contribution in [0.2, 0.25) is 0 Å². The van der Waals surface area contributed by atoms with Crippen molar-refractivity contribution in [2.75, 3.05) is 32.2 Å². The van der Waals surface area contributed by atoms with Crippen LogP contribution in [0.5, 0.6) is 0 Å². The highest BCUT2D eigenvalue weighted by molar-refractivity contribution is 8.00. The van der Waals surface area contributed by atoms with Crippen LogP contribution in [-0.4, -0.2) is 105 Å². The molecule has 6 atom stereocenters.